The number of unbranched alkanes of at least 4 members (excludes halogenated alkanes) is 1. The molecule has 2 aliphatic rings. The lowest BCUT2D eigenvalue weighted by Crippen LogP contribution is -2.52. The van der Waals surface area contributed by atoms with Gasteiger partial charge in [0.2, 0.25) is 23.6 Å². The van der Waals surface area contributed by atoms with Crippen molar-refractivity contribution in [3.8, 4) is 28.0 Å². The Morgan fingerprint density at radius 3 is 2.17 bits per heavy atom. The van der Waals surface area contributed by atoms with Gasteiger partial charge >= 0.3 is 5.97 Å². The highest BCUT2D eigenvalue weighted by molar-refractivity contribution is 6.30. The van der Waals surface area contributed by atoms with Crippen LogP contribution in [0, 0.1) is 0 Å². The highest BCUT2D eigenvalue weighted by atomic mass is 35.5. The van der Waals surface area contributed by atoms with Crippen molar-refractivity contribution in [2.45, 2.75) is 64.0 Å². The molecule has 0 saturated heterocycles. The molecule has 16 heteroatoms. The van der Waals surface area contributed by atoms with Crippen LogP contribution in [0.25, 0.3) is 22.3 Å². The zero-order chi connectivity index (χ0) is 45.6. The number of carbonyl (C=O) groups is 7. The van der Waals surface area contributed by atoms with E-state index in [-0.39, 0.29) is 30.4 Å². The van der Waals surface area contributed by atoms with Crippen LogP contribution in [0.2, 0.25) is 5.02 Å². The van der Waals surface area contributed by atoms with Gasteiger partial charge in [-0.05, 0) is 114 Å². The van der Waals surface area contributed by atoms with E-state index >= 15 is 0 Å². The summed E-state index contributed by atoms with van der Waals surface area (Å²) < 4.78 is 5.74. The Morgan fingerprint density at radius 1 is 0.889 bits per heavy atom. The van der Waals surface area contributed by atoms with Gasteiger partial charge in [-0.3, -0.25) is 28.8 Å². The summed E-state index contributed by atoms with van der Waals surface area (Å²) in [6.07, 6.45) is 4.17. The van der Waals surface area contributed by atoms with E-state index in [1.165, 1.54) is 31.7 Å². The fraction of sp³-hybridized carbons (Fsp3) is 0.340. The molecule has 4 aromatic carbocycles. The first kappa shape index (κ1) is 47.5. The monoisotopic (exact) mass is 880 g/mol. The summed E-state index contributed by atoms with van der Waals surface area (Å²) in [7, 11) is 1.41. The molecule has 2 atom stereocenters. The van der Waals surface area contributed by atoms with Crippen molar-refractivity contribution in [2.24, 2.45) is 5.73 Å². The van der Waals surface area contributed by atoms with Crippen LogP contribution in [0.1, 0.15) is 78.5 Å². The number of Topliss-reactive ketones (excluding diaryl/α,β-unsaturated/α-hetero) is 1. The van der Waals surface area contributed by atoms with E-state index < -0.39 is 67.3 Å². The molecule has 0 aromatic heterocycles. The second-order valence-corrected chi connectivity index (χ2v) is 15.8. The molecule has 0 spiro atoms. The van der Waals surface area contributed by atoms with Crippen LogP contribution >= 0.6 is 11.6 Å². The number of aliphatic carboxylic acids is 1. The van der Waals surface area contributed by atoms with Crippen molar-refractivity contribution in [3.05, 3.63) is 112 Å². The van der Waals surface area contributed by atoms with Crippen LogP contribution in [0.5, 0.6) is 5.75 Å². The van der Waals surface area contributed by atoms with Crippen molar-refractivity contribution < 1.29 is 43.4 Å². The van der Waals surface area contributed by atoms with Crippen LogP contribution in [0.15, 0.2) is 84.9 Å². The third-order valence-corrected chi connectivity index (χ3v) is 10.7. The summed E-state index contributed by atoms with van der Waals surface area (Å²) in [5, 5.41) is 20.4. The number of ketones is 1. The fourth-order valence-corrected chi connectivity index (χ4v) is 7.06. The summed E-state index contributed by atoms with van der Waals surface area (Å²) in [6.45, 7) is 2.38. The van der Waals surface area contributed by atoms with Gasteiger partial charge in [0.05, 0.1) is 19.6 Å². The maximum atomic E-state index is 14.1. The third-order valence-electron chi connectivity index (χ3n) is 10.4. The standard InChI is InChI=1S/C43H42ClN5O9.C4H11N/c1-24(50)20-45-42(56)35-18-25-3-16-36(58-23-39(53)54)34(17-25)33-19-30(12-15-32(33)28-6-7-28)40(43(57)46-21-37(51)48-35)49(2)38(52)22-47-41(55)29-8-4-26(5-9-29)27-10-13-31(44)14-11-27;1-2-3-4-5/h3-5,8-17,19,28,35,40H,6-7,18,20-23H2,1-2H3,(H,45,56)(H,46,57)(H,47,55)(H,48,51)(H,53,54);2-5H2,1H3. The number of likely N-dealkylation sites (N-methyl/N-ethyl adjacent to an activating group) is 1. The lowest BCUT2D eigenvalue weighted by Gasteiger charge is -2.29. The molecule has 1 fully saturated rings. The number of nitrogens with zero attached hydrogens (tertiary/aromatic N) is 1. The fourth-order valence-electron chi connectivity index (χ4n) is 6.93. The zero-order valence-electron chi connectivity index (χ0n) is 35.5. The number of hydrogen-bond acceptors (Lipinski definition) is 9. The average molecular weight is 881 g/mol. The molecule has 6 rings (SSSR count). The van der Waals surface area contributed by atoms with E-state index in [1.807, 2.05) is 18.2 Å². The molecule has 15 nitrogen and oxygen atoms in total. The van der Waals surface area contributed by atoms with Gasteiger partial charge in [-0.25, -0.2) is 4.79 Å². The Labute approximate surface area is 371 Å². The lowest BCUT2D eigenvalue weighted by molar-refractivity contribution is -0.139. The van der Waals surface area contributed by atoms with E-state index in [4.69, 9.17) is 22.1 Å². The van der Waals surface area contributed by atoms with E-state index in [9.17, 15) is 38.7 Å². The minimum absolute atomic E-state index is 0.00777. The number of carboxylic acids is 1. The number of hydrogen-bond donors (Lipinski definition) is 6. The van der Waals surface area contributed by atoms with Gasteiger partial charge in [0.25, 0.3) is 5.91 Å². The molecule has 1 aliphatic heterocycles. The maximum absolute atomic E-state index is 14.1. The first-order valence-electron chi connectivity index (χ1n) is 20.7. The zero-order valence-corrected chi connectivity index (χ0v) is 36.3. The van der Waals surface area contributed by atoms with Gasteiger partial charge in [0.1, 0.15) is 23.6 Å². The molecule has 63 heavy (non-hydrogen) atoms. The number of benzene rings is 4. The minimum atomic E-state index is -1.30. The Kier molecular flexibility index (Phi) is 16.9. The Hall–Kier alpha value is -6.58. The third kappa shape index (κ3) is 13.5. The van der Waals surface area contributed by atoms with Crippen LogP contribution in [-0.4, -0.2) is 97.2 Å². The van der Waals surface area contributed by atoms with Crippen LogP contribution < -0.4 is 31.7 Å². The summed E-state index contributed by atoms with van der Waals surface area (Å²) >= 11 is 6.01. The van der Waals surface area contributed by atoms with Crippen LogP contribution in [0.4, 0.5) is 0 Å². The highest BCUT2D eigenvalue weighted by Crippen LogP contribution is 2.47. The van der Waals surface area contributed by atoms with Gasteiger partial charge in [-0.2, -0.15) is 0 Å². The molecule has 1 heterocycles. The minimum Gasteiger partial charge on any atom is -0.481 e. The van der Waals surface area contributed by atoms with Crippen molar-refractivity contribution in [1.29, 1.82) is 0 Å². The van der Waals surface area contributed by atoms with Gasteiger partial charge < -0.3 is 41.7 Å². The van der Waals surface area contributed by atoms with Crippen molar-refractivity contribution in [1.82, 2.24) is 26.2 Å². The molecular formula is C47H53ClN6O9. The molecule has 4 aromatic rings. The number of nitrogens with two attached hydrogens (primary N) is 1. The topological polar surface area (TPSA) is 226 Å². The van der Waals surface area contributed by atoms with E-state index in [0.717, 1.165) is 36.1 Å². The Balaban J connectivity index is 0.00000141. The van der Waals surface area contributed by atoms with E-state index in [0.29, 0.717) is 32.8 Å². The number of ether oxygens (including phenoxy) is 1. The summed E-state index contributed by atoms with van der Waals surface area (Å²) in [5.41, 5.74) is 10.2. The predicted molar refractivity (Wildman–Crippen MR) is 238 cm³/mol. The second kappa shape index (κ2) is 22.5. The number of carbonyl (C=O) groups excluding carboxylic acids is 6. The molecule has 332 valence electrons. The molecule has 4 bridgehead atoms. The molecule has 1 aliphatic carbocycles. The summed E-state index contributed by atoms with van der Waals surface area (Å²) in [6, 6.07) is 21.9. The highest BCUT2D eigenvalue weighted by Gasteiger charge is 2.34. The van der Waals surface area contributed by atoms with Gasteiger partial charge in [0, 0.05) is 29.6 Å². The number of nitrogens with one attached hydrogen (secondary N) is 4. The molecule has 7 N–H and O–H groups in total. The molecule has 2 unspecified atom stereocenters. The van der Waals surface area contributed by atoms with Crippen molar-refractivity contribution in [3.63, 3.8) is 0 Å². The largest absolute Gasteiger partial charge is 0.481 e. The van der Waals surface area contributed by atoms with Crippen LogP contribution in [-0.2, 0) is 35.2 Å². The number of carboxylic acid groups (broad SMARTS) is 1. The van der Waals surface area contributed by atoms with Crippen molar-refractivity contribution >= 4 is 52.9 Å². The maximum Gasteiger partial charge on any atom is 0.341 e. The van der Waals surface area contributed by atoms with Gasteiger partial charge in [-0.1, -0.05) is 67.4 Å². The average Bonchev–Trinajstić information content (AvgIpc) is 4.12. The first-order valence-corrected chi connectivity index (χ1v) is 21.1. The second-order valence-electron chi connectivity index (χ2n) is 15.4. The molecular weight excluding hydrogens is 828 g/mol. The van der Waals surface area contributed by atoms with E-state index in [1.54, 1.807) is 66.7 Å². The van der Waals surface area contributed by atoms with Crippen molar-refractivity contribution in [2.75, 3.05) is 39.8 Å². The number of rotatable bonds is 14. The quantitative estimate of drug-likeness (QED) is 0.104. The first-order chi connectivity index (χ1) is 30.2. The number of amides is 5. The van der Waals surface area contributed by atoms with Crippen LogP contribution in [0.3, 0.4) is 0 Å². The molecule has 1 saturated carbocycles. The summed E-state index contributed by atoms with van der Waals surface area (Å²) in [4.78, 5) is 91.9. The summed E-state index contributed by atoms with van der Waals surface area (Å²) in [5.74, 6) is -4.26. The Morgan fingerprint density at radius 2 is 1.57 bits per heavy atom. The Bertz CT molecular complexity index is 2310. The van der Waals surface area contributed by atoms with E-state index in [2.05, 4.69) is 28.2 Å². The SMILES string of the molecule is CC(=O)CNC(=O)C1Cc2ccc(OCC(=O)O)c(c2)-c2cc(ccc2C2CC2)C(N(C)C(=O)CNC(=O)c2ccc(-c3ccc(Cl)cc3)cc2)C(=O)NCC(=O)N1.CCCCN. The number of halogens is 1. The lowest BCUT2D eigenvalue weighted by atomic mass is 9.89. The smallest absolute Gasteiger partial charge is 0.341 e. The van der Waals surface area contributed by atoms with Gasteiger partial charge in [0.15, 0.2) is 6.61 Å². The number of fused-ring (bicyclic) bond motifs is 5. The van der Waals surface area contributed by atoms with Gasteiger partial charge in [-0.15, -0.1) is 0 Å². The normalized spacial score (nSPS) is 15.8. The molecule has 5 amide bonds. The predicted octanol–water partition coefficient (Wildman–Crippen LogP) is 4.55. The molecule has 0 radical (unpaired) electrons.